The average Bonchev–Trinajstić information content (AvgIpc) is 2.82. The SMILES string of the molecule is COC(=O)C1=Cc2ccccc2C(N2CCN(C)CC2)c2ncc(Br)cc21. The zero-order chi connectivity index (χ0) is 19.0. The smallest absolute Gasteiger partial charge is 0.338 e. The molecule has 1 unspecified atom stereocenters. The largest absolute Gasteiger partial charge is 0.465 e. The van der Waals surface area contributed by atoms with Crippen LogP contribution in [0.3, 0.4) is 0 Å². The van der Waals surface area contributed by atoms with E-state index in [0.717, 1.165) is 47.5 Å². The van der Waals surface area contributed by atoms with Gasteiger partial charge in [-0.05, 0) is 46.2 Å². The van der Waals surface area contributed by atoms with Crippen molar-refractivity contribution in [2.24, 2.45) is 0 Å². The Morgan fingerprint density at radius 3 is 2.70 bits per heavy atom. The molecule has 1 aromatic heterocycles. The summed E-state index contributed by atoms with van der Waals surface area (Å²) >= 11 is 3.51. The monoisotopic (exact) mass is 427 g/mol. The highest BCUT2D eigenvalue weighted by atomic mass is 79.9. The Hall–Kier alpha value is -2.02. The molecule has 1 aliphatic heterocycles. The second kappa shape index (κ2) is 7.54. The van der Waals surface area contributed by atoms with Gasteiger partial charge in [0.1, 0.15) is 0 Å². The van der Waals surface area contributed by atoms with Crippen molar-refractivity contribution in [3.8, 4) is 0 Å². The summed E-state index contributed by atoms with van der Waals surface area (Å²) in [6.07, 6.45) is 3.74. The summed E-state index contributed by atoms with van der Waals surface area (Å²) in [5.41, 5.74) is 4.50. The molecule has 2 heterocycles. The highest BCUT2D eigenvalue weighted by molar-refractivity contribution is 9.10. The molecule has 4 rings (SSSR count). The first-order valence-electron chi connectivity index (χ1n) is 9.06. The van der Waals surface area contributed by atoms with Crippen LogP contribution in [0.2, 0.25) is 0 Å². The molecule has 2 aromatic rings. The molecule has 6 heteroatoms. The van der Waals surface area contributed by atoms with Gasteiger partial charge in [0.2, 0.25) is 0 Å². The third-order valence-electron chi connectivity index (χ3n) is 5.33. The number of hydrogen-bond donors (Lipinski definition) is 0. The van der Waals surface area contributed by atoms with Gasteiger partial charge < -0.3 is 9.64 Å². The number of fused-ring (bicyclic) bond motifs is 2. The van der Waals surface area contributed by atoms with Crippen LogP contribution in [0.4, 0.5) is 0 Å². The molecule has 0 N–H and O–H groups in total. The zero-order valence-corrected chi connectivity index (χ0v) is 17.1. The second-order valence-corrected chi connectivity index (χ2v) is 7.92. The van der Waals surface area contributed by atoms with Crippen LogP contribution in [0.5, 0.6) is 0 Å². The fraction of sp³-hybridized carbons (Fsp3) is 0.333. The first-order valence-corrected chi connectivity index (χ1v) is 9.85. The van der Waals surface area contributed by atoms with Gasteiger partial charge in [0.15, 0.2) is 0 Å². The minimum Gasteiger partial charge on any atom is -0.465 e. The molecule has 1 saturated heterocycles. The number of ether oxygens (including phenoxy) is 1. The Labute approximate surface area is 167 Å². The molecular formula is C21H22BrN3O2. The number of piperazine rings is 1. The summed E-state index contributed by atoms with van der Waals surface area (Å²) in [5, 5.41) is 0. The third kappa shape index (κ3) is 3.45. The second-order valence-electron chi connectivity index (χ2n) is 7.01. The molecule has 0 amide bonds. The summed E-state index contributed by atoms with van der Waals surface area (Å²) in [5.74, 6) is -0.343. The van der Waals surface area contributed by atoms with E-state index in [0.29, 0.717) is 5.57 Å². The summed E-state index contributed by atoms with van der Waals surface area (Å²) in [7, 11) is 3.57. The van der Waals surface area contributed by atoms with Crippen LogP contribution in [-0.2, 0) is 9.53 Å². The zero-order valence-electron chi connectivity index (χ0n) is 15.5. The summed E-state index contributed by atoms with van der Waals surface area (Å²) in [4.78, 5) is 22.2. The summed E-state index contributed by atoms with van der Waals surface area (Å²) in [6.45, 7) is 3.95. The molecule has 27 heavy (non-hydrogen) atoms. The number of esters is 1. The predicted molar refractivity (Wildman–Crippen MR) is 109 cm³/mol. The highest BCUT2D eigenvalue weighted by Crippen LogP contribution is 2.40. The lowest BCUT2D eigenvalue weighted by Crippen LogP contribution is -2.46. The van der Waals surface area contributed by atoms with E-state index in [4.69, 9.17) is 9.72 Å². The van der Waals surface area contributed by atoms with Crippen molar-refractivity contribution < 1.29 is 9.53 Å². The first kappa shape index (κ1) is 18.3. The number of methoxy groups -OCH3 is 1. The lowest BCUT2D eigenvalue weighted by Gasteiger charge is -2.38. The summed E-state index contributed by atoms with van der Waals surface area (Å²) in [6, 6.07) is 10.2. The van der Waals surface area contributed by atoms with Crippen LogP contribution in [-0.4, -0.2) is 61.1 Å². The van der Waals surface area contributed by atoms with E-state index < -0.39 is 0 Å². The number of nitrogens with zero attached hydrogens (tertiary/aromatic N) is 3. The van der Waals surface area contributed by atoms with Crippen molar-refractivity contribution in [3.63, 3.8) is 0 Å². The molecule has 0 bridgehead atoms. The van der Waals surface area contributed by atoms with Gasteiger partial charge in [-0.15, -0.1) is 0 Å². The summed E-state index contributed by atoms with van der Waals surface area (Å²) < 4.78 is 5.93. The normalized spacial score (nSPS) is 20.3. The van der Waals surface area contributed by atoms with E-state index in [-0.39, 0.29) is 12.0 Å². The molecule has 1 aliphatic carbocycles. The number of carbonyl (C=O) groups is 1. The van der Waals surface area contributed by atoms with Crippen LogP contribution >= 0.6 is 15.9 Å². The number of aromatic nitrogens is 1. The lowest BCUT2D eigenvalue weighted by atomic mass is 9.95. The van der Waals surface area contributed by atoms with E-state index in [9.17, 15) is 4.79 Å². The number of rotatable bonds is 2. The Morgan fingerprint density at radius 1 is 1.22 bits per heavy atom. The van der Waals surface area contributed by atoms with E-state index in [1.165, 1.54) is 12.7 Å². The Balaban J connectivity index is 1.93. The van der Waals surface area contributed by atoms with Gasteiger partial charge in [-0.25, -0.2) is 4.79 Å². The molecule has 1 aromatic carbocycles. The van der Waals surface area contributed by atoms with Crippen molar-refractivity contribution >= 4 is 33.5 Å². The minimum absolute atomic E-state index is 0.0106. The number of pyridine rings is 1. The number of likely N-dealkylation sites (N-methyl/N-ethyl adjacent to an activating group) is 1. The molecule has 0 radical (unpaired) electrons. The average molecular weight is 428 g/mol. The molecule has 1 atom stereocenters. The van der Waals surface area contributed by atoms with Crippen LogP contribution in [0.15, 0.2) is 41.0 Å². The van der Waals surface area contributed by atoms with Crippen LogP contribution in [0, 0.1) is 0 Å². The minimum atomic E-state index is -0.343. The quantitative estimate of drug-likeness (QED) is 0.688. The van der Waals surface area contributed by atoms with Crippen molar-refractivity contribution in [3.05, 3.63) is 63.4 Å². The highest BCUT2D eigenvalue weighted by Gasteiger charge is 2.33. The fourth-order valence-corrected chi connectivity index (χ4v) is 4.22. The first-order chi connectivity index (χ1) is 13.1. The molecular weight excluding hydrogens is 406 g/mol. The maximum Gasteiger partial charge on any atom is 0.338 e. The number of benzene rings is 1. The van der Waals surface area contributed by atoms with Gasteiger partial charge in [0.25, 0.3) is 0 Å². The van der Waals surface area contributed by atoms with Crippen LogP contribution < -0.4 is 0 Å². The number of hydrogen-bond acceptors (Lipinski definition) is 5. The molecule has 140 valence electrons. The van der Waals surface area contributed by atoms with Crippen LogP contribution in [0.1, 0.15) is 28.4 Å². The van der Waals surface area contributed by atoms with Crippen molar-refractivity contribution in [1.82, 2.24) is 14.8 Å². The number of carbonyl (C=O) groups excluding carboxylic acids is 1. The van der Waals surface area contributed by atoms with Gasteiger partial charge >= 0.3 is 5.97 Å². The molecule has 0 spiro atoms. The van der Waals surface area contributed by atoms with E-state index >= 15 is 0 Å². The van der Waals surface area contributed by atoms with Crippen molar-refractivity contribution in [2.45, 2.75) is 6.04 Å². The Kier molecular flexibility index (Phi) is 5.12. The van der Waals surface area contributed by atoms with Crippen molar-refractivity contribution in [1.29, 1.82) is 0 Å². The lowest BCUT2D eigenvalue weighted by molar-refractivity contribution is -0.133. The third-order valence-corrected chi connectivity index (χ3v) is 5.77. The van der Waals surface area contributed by atoms with E-state index in [1.807, 2.05) is 24.4 Å². The van der Waals surface area contributed by atoms with Gasteiger partial charge in [0, 0.05) is 42.4 Å². The fourth-order valence-electron chi connectivity index (χ4n) is 3.88. The Morgan fingerprint density at radius 2 is 1.96 bits per heavy atom. The maximum absolute atomic E-state index is 12.6. The Bertz CT molecular complexity index is 904. The van der Waals surface area contributed by atoms with Gasteiger partial charge in [0.05, 0.1) is 24.4 Å². The van der Waals surface area contributed by atoms with E-state index in [1.54, 1.807) is 0 Å². The van der Waals surface area contributed by atoms with Gasteiger partial charge in [-0.3, -0.25) is 9.88 Å². The number of halogens is 1. The van der Waals surface area contributed by atoms with E-state index in [2.05, 4.69) is 51.0 Å². The van der Waals surface area contributed by atoms with Gasteiger partial charge in [-0.2, -0.15) is 0 Å². The molecule has 1 fully saturated rings. The topological polar surface area (TPSA) is 45.7 Å². The standard InChI is InChI=1S/C21H22BrN3O2/c1-24-7-9-25(10-8-24)20-16-6-4-3-5-14(16)11-18(21(26)27-2)17-12-15(22)13-23-19(17)20/h3-6,11-13,20H,7-10H2,1-2H3. The molecule has 0 saturated carbocycles. The maximum atomic E-state index is 12.6. The van der Waals surface area contributed by atoms with Gasteiger partial charge in [-0.1, -0.05) is 24.3 Å². The van der Waals surface area contributed by atoms with Crippen LogP contribution in [0.25, 0.3) is 11.6 Å². The van der Waals surface area contributed by atoms with Crippen molar-refractivity contribution in [2.75, 3.05) is 40.3 Å². The predicted octanol–water partition coefficient (Wildman–Crippen LogP) is 3.21. The molecule has 2 aliphatic rings. The molecule has 5 nitrogen and oxygen atoms in total.